The second-order valence-electron chi connectivity index (χ2n) is 3.59. The highest BCUT2D eigenvalue weighted by Crippen LogP contribution is 2.24. The minimum absolute atomic E-state index is 0.0277. The SMILES string of the molecule is COCCN(CCO)c1cc(C#N)ccc1N. The van der Waals surface area contributed by atoms with Crippen molar-refractivity contribution in [3.05, 3.63) is 23.8 Å². The maximum atomic E-state index is 9.03. The van der Waals surface area contributed by atoms with E-state index in [1.165, 1.54) is 0 Å². The van der Waals surface area contributed by atoms with E-state index >= 15 is 0 Å². The first-order valence-electron chi connectivity index (χ1n) is 5.37. The molecule has 0 unspecified atom stereocenters. The van der Waals surface area contributed by atoms with Crippen LogP contribution < -0.4 is 10.6 Å². The van der Waals surface area contributed by atoms with Crippen molar-refractivity contribution >= 4 is 11.4 Å². The molecule has 0 aliphatic heterocycles. The van der Waals surface area contributed by atoms with Gasteiger partial charge in [0, 0.05) is 20.2 Å². The fourth-order valence-electron chi connectivity index (χ4n) is 1.56. The number of aliphatic hydroxyl groups is 1. The third kappa shape index (κ3) is 3.63. The van der Waals surface area contributed by atoms with E-state index in [-0.39, 0.29) is 6.61 Å². The van der Waals surface area contributed by atoms with Crippen LogP contribution in [0.1, 0.15) is 5.56 Å². The van der Waals surface area contributed by atoms with Gasteiger partial charge in [-0.05, 0) is 18.2 Å². The quantitative estimate of drug-likeness (QED) is 0.705. The van der Waals surface area contributed by atoms with Crippen LogP contribution in [0.4, 0.5) is 11.4 Å². The van der Waals surface area contributed by atoms with Crippen LogP contribution in [0, 0.1) is 11.3 Å². The Morgan fingerprint density at radius 3 is 2.82 bits per heavy atom. The Balaban J connectivity index is 2.95. The number of hydrogen-bond acceptors (Lipinski definition) is 5. The molecule has 1 aromatic carbocycles. The maximum absolute atomic E-state index is 9.03. The highest BCUT2D eigenvalue weighted by atomic mass is 16.5. The number of nitrogen functional groups attached to an aromatic ring is 1. The first kappa shape index (κ1) is 13.3. The number of methoxy groups -OCH3 is 1. The van der Waals surface area contributed by atoms with Crippen LogP contribution in [0.3, 0.4) is 0 Å². The fraction of sp³-hybridized carbons (Fsp3) is 0.417. The lowest BCUT2D eigenvalue weighted by Gasteiger charge is -2.25. The lowest BCUT2D eigenvalue weighted by molar-refractivity contribution is 0.203. The van der Waals surface area contributed by atoms with Gasteiger partial charge in [-0.15, -0.1) is 0 Å². The van der Waals surface area contributed by atoms with Crippen LogP contribution in [0.2, 0.25) is 0 Å². The number of nitriles is 1. The normalized spacial score (nSPS) is 9.94. The van der Waals surface area contributed by atoms with Crippen molar-refractivity contribution < 1.29 is 9.84 Å². The van der Waals surface area contributed by atoms with E-state index in [4.69, 9.17) is 20.8 Å². The molecule has 0 amide bonds. The van der Waals surface area contributed by atoms with Crippen molar-refractivity contribution in [3.8, 4) is 6.07 Å². The van der Waals surface area contributed by atoms with Gasteiger partial charge in [-0.1, -0.05) is 0 Å². The Morgan fingerprint density at radius 2 is 2.24 bits per heavy atom. The number of ether oxygens (including phenoxy) is 1. The van der Waals surface area contributed by atoms with Crippen molar-refractivity contribution in [2.24, 2.45) is 0 Å². The Labute approximate surface area is 101 Å². The summed E-state index contributed by atoms with van der Waals surface area (Å²) in [5, 5.41) is 17.9. The van der Waals surface area contributed by atoms with Crippen LogP contribution >= 0.6 is 0 Å². The molecule has 0 aliphatic carbocycles. The summed E-state index contributed by atoms with van der Waals surface area (Å²) in [4.78, 5) is 1.90. The van der Waals surface area contributed by atoms with Gasteiger partial charge in [-0.3, -0.25) is 0 Å². The van der Waals surface area contributed by atoms with Gasteiger partial charge in [0.15, 0.2) is 0 Å². The number of anilines is 2. The summed E-state index contributed by atoms with van der Waals surface area (Å²) in [5.41, 5.74) is 7.77. The standard InChI is InChI=1S/C12H17N3O2/c1-17-7-5-15(4-6-16)12-8-10(9-13)2-3-11(12)14/h2-3,8,16H,4-7,14H2,1H3. The van der Waals surface area contributed by atoms with Gasteiger partial charge in [0.2, 0.25) is 0 Å². The zero-order valence-electron chi connectivity index (χ0n) is 9.89. The molecule has 0 spiro atoms. The lowest BCUT2D eigenvalue weighted by atomic mass is 10.1. The number of rotatable bonds is 6. The van der Waals surface area contributed by atoms with E-state index in [2.05, 4.69) is 6.07 Å². The summed E-state index contributed by atoms with van der Waals surface area (Å²) >= 11 is 0. The molecule has 5 nitrogen and oxygen atoms in total. The zero-order valence-corrected chi connectivity index (χ0v) is 9.89. The predicted octanol–water partition coefficient (Wildman–Crippen LogP) is 0.586. The van der Waals surface area contributed by atoms with E-state index in [0.717, 1.165) is 5.69 Å². The smallest absolute Gasteiger partial charge is 0.0992 e. The molecule has 0 aliphatic rings. The first-order chi connectivity index (χ1) is 8.22. The van der Waals surface area contributed by atoms with Crippen molar-refractivity contribution in [2.45, 2.75) is 0 Å². The van der Waals surface area contributed by atoms with Crippen LogP contribution in [-0.2, 0) is 4.74 Å². The van der Waals surface area contributed by atoms with Gasteiger partial charge in [0.05, 0.1) is 36.2 Å². The molecule has 1 rings (SSSR count). The molecule has 0 saturated carbocycles. The summed E-state index contributed by atoms with van der Waals surface area (Å²) in [7, 11) is 1.62. The Morgan fingerprint density at radius 1 is 1.47 bits per heavy atom. The molecular formula is C12H17N3O2. The van der Waals surface area contributed by atoms with Crippen molar-refractivity contribution in [1.29, 1.82) is 5.26 Å². The van der Waals surface area contributed by atoms with Crippen LogP contribution in [0.15, 0.2) is 18.2 Å². The monoisotopic (exact) mass is 235 g/mol. The molecule has 1 aromatic rings. The average molecular weight is 235 g/mol. The van der Waals surface area contributed by atoms with Gasteiger partial charge < -0.3 is 20.5 Å². The van der Waals surface area contributed by atoms with Crippen LogP contribution in [-0.4, -0.2) is 38.5 Å². The maximum Gasteiger partial charge on any atom is 0.0992 e. The molecule has 0 atom stereocenters. The molecule has 92 valence electrons. The van der Waals surface area contributed by atoms with E-state index in [0.29, 0.717) is 30.9 Å². The van der Waals surface area contributed by atoms with Gasteiger partial charge in [-0.25, -0.2) is 0 Å². The largest absolute Gasteiger partial charge is 0.397 e. The molecular weight excluding hydrogens is 218 g/mol. The molecule has 0 aromatic heterocycles. The van der Waals surface area contributed by atoms with E-state index in [1.807, 2.05) is 4.90 Å². The Bertz CT molecular complexity index is 401. The second kappa shape index (κ2) is 6.74. The summed E-state index contributed by atoms with van der Waals surface area (Å²) in [6.07, 6.45) is 0. The third-order valence-corrected chi connectivity index (χ3v) is 2.44. The van der Waals surface area contributed by atoms with Crippen molar-refractivity contribution in [2.75, 3.05) is 44.0 Å². The summed E-state index contributed by atoms with van der Waals surface area (Å²) in [5.74, 6) is 0. The van der Waals surface area contributed by atoms with Crippen LogP contribution in [0.25, 0.3) is 0 Å². The predicted molar refractivity (Wildman–Crippen MR) is 66.7 cm³/mol. The Hall–Kier alpha value is -1.77. The molecule has 5 heteroatoms. The van der Waals surface area contributed by atoms with E-state index in [1.54, 1.807) is 25.3 Å². The minimum atomic E-state index is 0.0277. The number of nitrogens with two attached hydrogens (primary N) is 1. The number of nitrogens with zero attached hydrogens (tertiary/aromatic N) is 2. The molecule has 0 fully saturated rings. The molecule has 3 N–H and O–H groups in total. The average Bonchev–Trinajstić information content (AvgIpc) is 2.35. The summed E-state index contributed by atoms with van der Waals surface area (Å²) in [6, 6.07) is 7.17. The molecule has 0 saturated heterocycles. The highest BCUT2D eigenvalue weighted by molar-refractivity contribution is 5.69. The molecule has 0 heterocycles. The van der Waals surface area contributed by atoms with E-state index < -0.39 is 0 Å². The molecule has 0 radical (unpaired) electrons. The zero-order chi connectivity index (χ0) is 12.7. The van der Waals surface area contributed by atoms with Gasteiger partial charge in [0.25, 0.3) is 0 Å². The summed E-state index contributed by atoms with van der Waals surface area (Å²) < 4.78 is 5.01. The van der Waals surface area contributed by atoms with Crippen molar-refractivity contribution in [3.63, 3.8) is 0 Å². The number of benzene rings is 1. The first-order valence-corrected chi connectivity index (χ1v) is 5.37. The molecule has 17 heavy (non-hydrogen) atoms. The topological polar surface area (TPSA) is 82.5 Å². The summed E-state index contributed by atoms with van der Waals surface area (Å²) in [6.45, 7) is 1.65. The van der Waals surface area contributed by atoms with Gasteiger partial charge in [0.1, 0.15) is 0 Å². The van der Waals surface area contributed by atoms with Crippen LogP contribution in [0.5, 0.6) is 0 Å². The fourth-order valence-corrected chi connectivity index (χ4v) is 1.56. The Kier molecular flexibility index (Phi) is 5.27. The van der Waals surface area contributed by atoms with Gasteiger partial charge >= 0.3 is 0 Å². The lowest BCUT2D eigenvalue weighted by Crippen LogP contribution is -2.30. The number of aliphatic hydroxyl groups excluding tert-OH is 1. The van der Waals surface area contributed by atoms with Crippen molar-refractivity contribution in [1.82, 2.24) is 0 Å². The minimum Gasteiger partial charge on any atom is -0.397 e. The molecule has 0 bridgehead atoms. The van der Waals surface area contributed by atoms with Gasteiger partial charge in [-0.2, -0.15) is 5.26 Å². The third-order valence-electron chi connectivity index (χ3n) is 2.44. The second-order valence-corrected chi connectivity index (χ2v) is 3.59. The van der Waals surface area contributed by atoms with E-state index in [9.17, 15) is 0 Å². The highest BCUT2D eigenvalue weighted by Gasteiger charge is 2.10. The number of hydrogen-bond donors (Lipinski definition) is 2.